The molecule has 0 spiro atoms. The first kappa shape index (κ1) is 10.0. The highest BCUT2D eigenvalue weighted by molar-refractivity contribution is 7.99. The van der Waals surface area contributed by atoms with Crippen LogP contribution in [0, 0.1) is 5.82 Å². The zero-order valence-electron chi connectivity index (χ0n) is 7.26. The van der Waals surface area contributed by atoms with Gasteiger partial charge in [-0.05, 0) is 23.8 Å². The second-order valence-electron chi connectivity index (χ2n) is 3.00. The maximum absolute atomic E-state index is 12.9. The third-order valence-corrected chi connectivity index (χ3v) is 3.71. The van der Waals surface area contributed by atoms with Crippen molar-refractivity contribution in [3.05, 3.63) is 35.2 Å². The van der Waals surface area contributed by atoms with Gasteiger partial charge in [0.2, 0.25) is 0 Å². The van der Waals surface area contributed by atoms with Crippen LogP contribution in [0.1, 0.15) is 5.56 Å². The summed E-state index contributed by atoms with van der Waals surface area (Å²) in [7, 11) is 0. The topological polar surface area (TPSA) is 20.2 Å². The summed E-state index contributed by atoms with van der Waals surface area (Å²) in [5.41, 5.74) is 1.45. The van der Waals surface area contributed by atoms with Gasteiger partial charge in [0.1, 0.15) is 5.82 Å². The van der Waals surface area contributed by atoms with Crippen molar-refractivity contribution in [2.75, 3.05) is 12.4 Å². The second-order valence-corrected chi connectivity index (χ2v) is 4.40. The van der Waals surface area contributed by atoms with E-state index in [0.29, 0.717) is 16.3 Å². The third-order valence-electron chi connectivity index (χ3n) is 2.08. The fraction of sp³-hybridized carbons (Fsp3) is 0.200. The quantitative estimate of drug-likeness (QED) is 0.801. The Hall–Kier alpha value is -0.510. The summed E-state index contributed by atoms with van der Waals surface area (Å²) in [6, 6.07) is 4.53. The minimum atomic E-state index is -0.304. The van der Waals surface area contributed by atoms with Gasteiger partial charge in [0.25, 0.3) is 0 Å². The average Bonchev–Trinajstić information content (AvgIpc) is 2.20. The molecule has 1 aromatic carbocycles. The van der Waals surface area contributed by atoms with Gasteiger partial charge >= 0.3 is 0 Å². The van der Waals surface area contributed by atoms with Gasteiger partial charge < -0.3 is 5.11 Å². The first-order chi connectivity index (χ1) is 6.72. The van der Waals surface area contributed by atoms with Gasteiger partial charge in [0, 0.05) is 16.2 Å². The van der Waals surface area contributed by atoms with Gasteiger partial charge in [-0.1, -0.05) is 11.6 Å². The van der Waals surface area contributed by atoms with Crippen LogP contribution >= 0.6 is 23.4 Å². The highest BCUT2D eigenvalue weighted by Crippen LogP contribution is 2.39. The zero-order valence-corrected chi connectivity index (χ0v) is 8.83. The first-order valence-corrected chi connectivity index (χ1v) is 5.50. The minimum Gasteiger partial charge on any atom is -0.392 e. The highest BCUT2D eigenvalue weighted by Gasteiger charge is 2.17. The van der Waals surface area contributed by atoms with Gasteiger partial charge in [-0.3, -0.25) is 0 Å². The van der Waals surface area contributed by atoms with Crippen molar-refractivity contribution in [1.82, 2.24) is 0 Å². The Bertz CT molecular complexity index is 403. The normalized spacial score (nSPS) is 15.6. The molecule has 0 atom stereocenters. The summed E-state index contributed by atoms with van der Waals surface area (Å²) >= 11 is 7.59. The van der Waals surface area contributed by atoms with E-state index in [-0.39, 0.29) is 12.4 Å². The van der Waals surface area contributed by atoms with Crippen LogP contribution in [0.25, 0.3) is 5.03 Å². The molecule has 1 aromatic rings. The molecule has 1 heterocycles. The molecule has 0 amide bonds. The number of rotatable bonds is 1. The maximum atomic E-state index is 12.9. The third kappa shape index (κ3) is 1.67. The number of fused-ring (bicyclic) bond motifs is 1. The molecular weight excluding hydrogens is 223 g/mol. The van der Waals surface area contributed by atoms with E-state index < -0.39 is 0 Å². The molecule has 1 aliphatic heterocycles. The van der Waals surface area contributed by atoms with Crippen LogP contribution in [0.5, 0.6) is 0 Å². The number of aliphatic hydroxyl groups excluding tert-OH is 1. The van der Waals surface area contributed by atoms with Crippen molar-refractivity contribution in [1.29, 1.82) is 0 Å². The largest absolute Gasteiger partial charge is 0.392 e. The number of halogens is 2. The van der Waals surface area contributed by atoms with Crippen LogP contribution in [-0.4, -0.2) is 17.5 Å². The maximum Gasteiger partial charge on any atom is 0.123 e. The van der Waals surface area contributed by atoms with Crippen molar-refractivity contribution in [2.45, 2.75) is 4.90 Å². The Morgan fingerprint density at radius 3 is 3.00 bits per heavy atom. The smallest absolute Gasteiger partial charge is 0.123 e. The van der Waals surface area contributed by atoms with Crippen LogP contribution in [-0.2, 0) is 0 Å². The molecule has 14 heavy (non-hydrogen) atoms. The molecule has 0 saturated carbocycles. The Morgan fingerprint density at radius 2 is 2.29 bits per heavy atom. The highest BCUT2D eigenvalue weighted by atomic mass is 35.5. The van der Waals surface area contributed by atoms with E-state index in [1.165, 1.54) is 12.1 Å². The Labute approximate surface area is 90.6 Å². The van der Waals surface area contributed by atoms with Gasteiger partial charge in [0.15, 0.2) is 0 Å². The monoisotopic (exact) mass is 230 g/mol. The van der Waals surface area contributed by atoms with E-state index >= 15 is 0 Å². The molecule has 1 aliphatic rings. The molecule has 1 N–H and O–H groups in total. The lowest BCUT2D eigenvalue weighted by Gasteiger charge is -2.17. The fourth-order valence-corrected chi connectivity index (χ4v) is 2.80. The van der Waals surface area contributed by atoms with Gasteiger partial charge in [-0.2, -0.15) is 0 Å². The van der Waals surface area contributed by atoms with Crippen LogP contribution in [0.15, 0.2) is 28.7 Å². The predicted molar refractivity (Wildman–Crippen MR) is 57.0 cm³/mol. The molecule has 0 unspecified atom stereocenters. The summed E-state index contributed by atoms with van der Waals surface area (Å²) < 4.78 is 12.9. The van der Waals surface area contributed by atoms with E-state index in [2.05, 4.69) is 0 Å². The number of hydrogen-bond donors (Lipinski definition) is 1. The van der Waals surface area contributed by atoms with Crippen molar-refractivity contribution >= 4 is 28.4 Å². The summed E-state index contributed by atoms with van der Waals surface area (Å²) in [4.78, 5) is 0.966. The zero-order chi connectivity index (χ0) is 10.1. The molecule has 0 fully saturated rings. The summed E-state index contributed by atoms with van der Waals surface area (Å²) in [6.07, 6.45) is 0. The lowest BCUT2D eigenvalue weighted by atomic mass is 10.1. The molecular formula is C10H8ClFOS. The second kappa shape index (κ2) is 3.93. The lowest BCUT2D eigenvalue weighted by molar-refractivity contribution is 0.333. The number of hydrogen-bond acceptors (Lipinski definition) is 2. The standard InChI is InChI=1S/C10H8ClFOS/c11-10-6(4-13)5-14-9-2-1-7(12)3-8(9)10/h1-3,13H,4-5H2. The lowest BCUT2D eigenvalue weighted by Crippen LogP contribution is -2.03. The molecule has 0 bridgehead atoms. The van der Waals surface area contributed by atoms with Crippen LogP contribution in [0.2, 0.25) is 0 Å². The van der Waals surface area contributed by atoms with Gasteiger partial charge in [-0.25, -0.2) is 4.39 Å². The average molecular weight is 231 g/mol. The van der Waals surface area contributed by atoms with E-state index in [9.17, 15) is 4.39 Å². The fourth-order valence-electron chi connectivity index (χ4n) is 1.33. The Balaban J connectivity index is 2.55. The molecule has 74 valence electrons. The molecule has 0 radical (unpaired) electrons. The molecule has 0 aromatic heterocycles. The minimum absolute atomic E-state index is 0.0677. The van der Waals surface area contributed by atoms with E-state index in [4.69, 9.17) is 16.7 Å². The molecule has 2 rings (SSSR count). The van der Waals surface area contributed by atoms with E-state index in [0.717, 1.165) is 10.5 Å². The predicted octanol–water partition coefficient (Wildman–Crippen LogP) is 2.87. The Morgan fingerprint density at radius 1 is 1.50 bits per heavy atom. The SMILES string of the molecule is OCC1=C(Cl)c2cc(F)ccc2SC1. The van der Waals surface area contributed by atoms with Crippen LogP contribution in [0.4, 0.5) is 4.39 Å². The van der Waals surface area contributed by atoms with E-state index in [1.807, 2.05) is 0 Å². The summed E-state index contributed by atoms with van der Waals surface area (Å²) in [5.74, 6) is 0.371. The number of benzene rings is 1. The van der Waals surface area contributed by atoms with Gasteiger partial charge in [-0.15, -0.1) is 11.8 Å². The Kier molecular flexibility index (Phi) is 2.81. The molecule has 4 heteroatoms. The molecule has 0 saturated heterocycles. The summed E-state index contributed by atoms with van der Waals surface area (Å²) in [6.45, 7) is -0.0677. The van der Waals surface area contributed by atoms with Crippen molar-refractivity contribution < 1.29 is 9.50 Å². The van der Waals surface area contributed by atoms with E-state index in [1.54, 1.807) is 17.8 Å². The van der Waals surface area contributed by atoms with Crippen LogP contribution < -0.4 is 0 Å². The van der Waals surface area contributed by atoms with Crippen molar-refractivity contribution in [3.63, 3.8) is 0 Å². The molecule has 1 nitrogen and oxygen atoms in total. The number of aliphatic hydroxyl groups is 1. The number of thioether (sulfide) groups is 1. The first-order valence-electron chi connectivity index (χ1n) is 4.13. The van der Waals surface area contributed by atoms with Crippen molar-refractivity contribution in [2.24, 2.45) is 0 Å². The molecule has 0 aliphatic carbocycles. The van der Waals surface area contributed by atoms with Gasteiger partial charge in [0.05, 0.1) is 11.6 Å². The summed E-state index contributed by atoms with van der Waals surface area (Å²) in [5, 5.41) is 9.49. The van der Waals surface area contributed by atoms with Crippen molar-refractivity contribution in [3.8, 4) is 0 Å². The van der Waals surface area contributed by atoms with Crippen LogP contribution in [0.3, 0.4) is 0 Å².